The normalized spacial score (nSPS) is 9.58. The second kappa shape index (κ2) is 5.47. The molecule has 0 unspecified atom stereocenters. The molecule has 0 spiro atoms. The molecule has 0 atom stereocenters. The van der Waals surface area contributed by atoms with Crippen LogP contribution in [0.15, 0.2) is 0 Å². The summed E-state index contributed by atoms with van der Waals surface area (Å²) in [5, 5.41) is 8.16. The lowest BCUT2D eigenvalue weighted by atomic mass is 10.4. The zero-order valence-corrected chi connectivity index (χ0v) is 6.76. The van der Waals surface area contributed by atoms with Gasteiger partial charge in [0.1, 0.15) is 0 Å². The Kier molecular flexibility index (Phi) is 4.93. The third-order valence-corrected chi connectivity index (χ3v) is 1.37. The number of amides is 1. The second-order valence-corrected chi connectivity index (χ2v) is 2.13. The van der Waals surface area contributed by atoms with Crippen LogP contribution in [0.5, 0.6) is 0 Å². The van der Waals surface area contributed by atoms with Crippen molar-refractivity contribution in [1.29, 1.82) is 5.26 Å². The van der Waals surface area contributed by atoms with Gasteiger partial charge in [0.2, 0.25) is 0 Å². The molecule has 0 aliphatic rings. The van der Waals surface area contributed by atoms with Crippen molar-refractivity contribution in [2.75, 3.05) is 13.1 Å². The van der Waals surface area contributed by atoms with E-state index in [1.54, 1.807) is 13.0 Å². The van der Waals surface area contributed by atoms with Crippen molar-refractivity contribution in [3.63, 3.8) is 0 Å². The number of hydrogen-bond donors (Lipinski definition) is 0. The molecule has 0 aliphatic carbocycles. The maximum Gasteiger partial charge on any atom is 0.315 e. The summed E-state index contributed by atoms with van der Waals surface area (Å²) in [6.45, 7) is 1.89. The van der Waals surface area contributed by atoms with Crippen LogP contribution in [0.4, 0.5) is 8.78 Å². The summed E-state index contributed by atoms with van der Waals surface area (Å²) in [7, 11) is 0. The van der Waals surface area contributed by atoms with Crippen LogP contribution < -0.4 is 0 Å². The zero-order valence-electron chi connectivity index (χ0n) is 6.76. The Labute approximate surface area is 69.6 Å². The molecule has 0 aromatic rings. The largest absolute Gasteiger partial charge is 0.337 e. The van der Waals surface area contributed by atoms with Gasteiger partial charge >= 0.3 is 6.43 Å². The van der Waals surface area contributed by atoms with Gasteiger partial charge in [0, 0.05) is 13.1 Å². The predicted molar refractivity (Wildman–Crippen MR) is 38.5 cm³/mol. The van der Waals surface area contributed by atoms with Gasteiger partial charge in [0.25, 0.3) is 5.91 Å². The second-order valence-electron chi connectivity index (χ2n) is 2.13. The lowest BCUT2D eigenvalue weighted by molar-refractivity contribution is -0.142. The molecule has 3 nitrogen and oxygen atoms in total. The fourth-order valence-corrected chi connectivity index (χ4v) is 0.747. The summed E-state index contributed by atoms with van der Waals surface area (Å²) in [5.74, 6) is -1.20. The van der Waals surface area contributed by atoms with Gasteiger partial charge in [-0.15, -0.1) is 0 Å². The van der Waals surface area contributed by atoms with E-state index in [0.717, 1.165) is 4.90 Å². The van der Waals surface area contributed by atoms with Crippen LogP contribution >= 0.6 is 0 Å². The van der Waals surface area contributed by atoms with Crippen LogP contribution in [0.1, 0.15) is 13.3 Å². The van der Waals surface area contributed by atoms with E-state index >= 15 is 0 Å². The smallest absolute Gasteiger partial charge is 0.315 e. The highest BCUT2D eigenvalue weighted by Crippen LogP contribution is 2.01. The van der Waals surface area contributed by atoms with E-state index in [-0.39, 0.29) is 19.5 Å². The highest BCUT2D eigenvalue weighted by molar-refractivity contribution is 5.79. The number of hydrogen-bond acceptors (Lipinski definition) is 2. The monoisotopic (exact) mass is 176 g/mol. The van der Waals surface area contributed by atoms with Gasteiger partial charge in [0.15, 0.2) is 0 Å². The number of alkyl halides is 2. The van der Waals surface area contributed by atoms with E-state index < -0.39 is 12.3 Å². The fraction of sp³-hybridized carbons (Fsp3) is 0.714. The number of rotatable bonds is 4. The van der Waals surface area contributed by atoms with Crippen molar-refractivity contribution in [1.82, 2.24) is 4.90 Å². The number of carbonyl (C=O) groups is 1. The van der Waals surface area contributed by atoms with Crippen LogP contribution in [-0.4, -0.2) is 30.3 Å². The molecule has 0 fully saturated rings. The summed E-state index contributed by atoms with van der Waals surface area (Å²) in [5.41, 5.74) is 0. The SMILES string of the molecule is CCN(CCC#N)C(=O)C(F)F. The Morgan fingerprint density at radius 2 is 2.25 bits per heavy atom. The van der Waals surface area contributed by atoms with E-state index in [4.69, 9.17) is 5.26 Å². The summed E-state index contributed by atoms with van der Waals surface area (Å²) in [6, 6.07) is 1.79. The Morgan fingerprint density at radius 3 is 2.58 bits per heavy atom. The summed E-state index contributed by atoms with van der Waals surface area (Å²) < 4.78 is 23.6. The standard InChI is InChI=1S/C7H10F2N2O/c1-2-11(5-3-4-10)7(12)6(8)9/h6H,2-3,5H2,1H3. The highest BCUT2D eigenvalue weighted by Gasteiger charge is 2.21. The van der Waals surface area contributed by atoms with Crippen LogP contribution in [0.25, 0.3) is 0 Å². The molecule has 0 N–H and O–H groups in total. The van der Waals surface area contributed by atoms with Crippen LogP contribution in [0, 0.1) is 11.3 Å². The van der Waals surface area contributed by atoms with E-state index in [1.165, 1.54) is 0 Å². The first kappa shape index (κ1) is 10.8. The topological polar surface area (TPSA) is 44.1 Å². The molecule has 0 aliphatic heterocycles. The molecule has 0 aromatic carbocycles. The van der Waals surface area contributed by atoms with Gasteiger partial charge in [-0.2, -0.15) is 14.0 Å². The molecule has 0 aromatic heterocycles. The van der Waals surface area contributed by atoms with Crippen LogP contribution in [-0.2, 0) is 4.79 Å². The Hall–Kier alpha value is -1.18. The molecule has 0 bridgehead atoms. The minimum atomic E-state index is -2.97. The Morgan fingerprint density at radius 1 is 1.67 bits per heavy atom. The number of nitrogens with zero attached hydrogens (tertiary/aromatic N) is 2. The average Bonchev–Trinajstić information content (AvgIpc) is 2.05. The highest BCUT2D eigenvalue weighted by atomic mass is 19.3. The molecule has 0 heterocycles. The lowest BCUT2D eigenvalue weighted by Crippen LogP contribution is -2.36. The van der Waals surface area contributed by atoms with Gasteiger partial charge in [-0.05, 0) is 6.92 Å². The van der Waals surface area contributed by atoms with Crippen molar-refractivity contribution in [3.8, 4) is 6.07 Å². The van der Waals surface area contributed by atoms with Crippen molar-refractivity contribution in [2.45, 2.75) is 19.8 Å². The van der Waals surface area contributed by atoms with Crippen LogP contribution in [0.2, 0.25) is 0 Å². The van der Waals surface area contributed by atoms with Gasteiger partial charge in [0.05, 0.1) is 12.5 Å². The number of carbonyl (C=O) groups excluding carboxylic acids is 1. The maximum absolute atomic E-state index is 11.8. The first-order valence-corrected chi connectivity index (χ1v) is 3.57. The van der Waals surface area contributed by atoms with E-state index in [2.05, 4.69) is 0 Å². The first-order valence-electron chi connectivity index (χ1n) is 3.57. The Bertz CT molecular complexity index is 188. The van der Waals surface area contributed by atoms with Crippen LogP contribution in [0.3, 0.4) is 0 Å². The van der Waals surface area contributed by atoms with Gasteiger partial charge in [-0.1, -0.05) is 0 Å². The lowest BCUT2D eigenvalue weighted by Gasteiger charge is -2.18. The summed E-state index contributed by atoms with van der Waals surface area (Å²) in [4.78, 5) is 11.6. The van der Waals surface area contributed by atoms with E-state index in [9.17, 15) is 13.6 Å². The van der Waals surface area contributed by atoms with E-state index in [0.29, 0.717) is 0 Å². The molecule has 0 saturated carbocycles. The number of halogens is 2. The third kappa shape index (κ3) is 3.28. The van der Waals surface area contributed by atoms with Crippen molar-refractivity contribution in [2.24, 2.45) is 0 Å². The molecule has 0 radical (unpaired) electrons. The average molecular weight is 176 g/mol. The molecule has 68 valence electrons. The van der Waals surface area contributed by atoms with Crippen molar-refractivity contribution < 1.29 is 13.6 Å². The van der Waals surface area contributed by atoms with Gasteiger partial charge in [-0.25, -0.2) is 0 Å². The molecule has 0 saturated heterocycles. The zero-order chi connectivity index (χ0) is 9.56. The molecular weight excluding hydrogens is 166 g/mol. The Balaban J connectivity index is 3.98. The molecule has 12 heavy (non-hydrogen) atoms. The molecule has 1 amide bonds. The van der Waals surface area contributed by atoms with Crippen molar-refractivity contribution in [3.05, 3.63) is 0 Å². The summed E-state index contributed by atoms with van der Waals surface area (Å²) in [6.07, 6.45) is -2.88. The third-order valence-electron chi connectivity index (χ3n) is 1.37. The minimum absolute atomic E-state index is 0.0795. The summed E-state index contributed by atoms with van der Waals surface area (Å²) >= 11 is 0. The quantitative estimate of drug-likeness (QED) is 0.641. The molecule has 0 rings (SSSR count). The predicted octanol–water partition coefficient (Wildman–Crippen LogP) is 1.01. The molecular formula is C7H10F2N2O. The maximum atomic E-state index is 11.8. The minimum Gasteiger partial charge on any atom is -0.337 e. The van der Waals surface area contributed by atoms with Crippen molar-refractivity contribution >= 4 is 5.91 Å². The fourth-order valence-electron chi connectivity index (χ4n) is 0.747. The van der Waals surface area contributed by atoms with Gasteiger partial charge < -0.3 is 4.90 Å². The van der Waals surface area contributed by atoms with E-state index in [1.807, 2.05) is 0 Å². The first-order chi connectivity index (χ1) is 5.63. The number of nitriles is 1. The molecule has 5 heteroatoms. The van der Waals surface area contributed by atoms with Gasteiger partial charge in [-0.3, -0.25) is 4.79 Å².